The third-order valence-electron chi connectivity index (χ3n) is 4.63. The first-order chi connectivity index (χ1) is 9.70. The minimum absolute atomic E-state index is 0.594. The van der Waals surface area contributed by atoms with Gasteiger partial charge in [-0.2, -0.15) is 0 Å². The molecule has 2 rings (SSSR count). The molecule has 0 spiro atoms. The molecule has 2 heteroatoms. The summed E-state index contributed by atoms with van der Waals surface area (Å²) in [5.41, 5.74) is 2.89. The van der Waals surface area contributed by atoms with E-state index in [4.69, 9.17) is 0 Å². The van der Waals surface area contributed by atoms with E-state index in [0.717, 1.165) is 25.7 Å². The van der Waals surface area contributed by atoms with Crippen LogP contribution in [0.4, 0.5) is 0 Å². The lowest BCUT2D eigenvalue weighted by atomic mass is 9.99. The van der Waals surface area contributed by atoms with Gasteiger partial charge in [0, 0.05) is 19.1 Å². The zero-order valence-electron chi connectivity index (χ0n) is 13.4. The number of nitrogens with zero attached hydrogens (tertiary/aromatic N) is 1. The van der Waals surface area contributed by atoms with Gasteiger partial charge in [-0.25, -0.2) is 0 Å². The fraction of sp³-hybridized carbons (Fsp3) is 0.667. The van der Waals surface area contributed by atoms with E-state index in [1.54, 1.807) is 0 Å². The smallest absolute Gasteiger partial charge is 0.0233 e. The van der Waals surface area contributed by atoms with E-state index in [2.05, 4.69) is 55.4 Å². The van der Waals surface area contributed by atoms with E-state index in [9.17, 15) is 0 Å². The van der Waals surface area contributed by atoms with Crippen LogP contribution < -0.4 is 5.32 Å². The summed E-state index contributed by atoms with van der Waals surface area (Å²) in [6, 6.07) is 10.0. The fourth-order valence-electron chi connectivity index (χ4n) is 3.19. The van der Waals surface area contributed by atoms with Crippen LogP contribution in [0.2, 0.25) is 0 Å². The van der Waals surface area contributed by atoms with Crippen LogP contribution in [-0.4, -0.2) is 31.1 Å². The number of rotatable bonds is 7. The van der Waals surface area contributed by atoms with Gasteiger partial charge in [0.1, 0.15) is 0 Å². The molecule has 1 saturated carbocycles. The molecule has 0 heterocycles. The van der Waals surface area contributed by atoms with Crippen LogP contribution in [0.1, 0.15) is 56.6 Å². The van der Waals surface area contributed by atoms with Crippen molar-refractivity contribution in [3.63, 3.8) is 0 Å². The summed E-state index contributed by atoms with van der Waals surface area (Å²) >= 11 is 0. The molecule has 1 unspecified atom stereocenters. The Bertz CT molecular complexity index is 379. The summed E-state index contributed by atoms with van der Waals surface area (Å²) in [4.78, 5) is 2.53. The van der Waals surface area contributed by atoms with Crippen LogP contribution in [-0.2, 0) is 6.54 Å². The number of hydrogen-bond acceptors (Lipinski definition) is 2. The molecule has 1 aromatic rings. The van der Waals surface area contributed by atoms with Crippen molar-refractivity contribution in [3.8, 4) is 0 Å². The van der Waals surface area contributed by atoms with Crippen molar-refractivity contribution < 1.29 is 0 Å². The van der Waals surface area contributed by atoms with Crippen LogP contribution in [0, 0.1) is 0 Å². The molecule has 0 aliphatic heterocycles. The van der Waals surface area contributed by atoms with Crippen LogP contribution in [0.3, 0.4) is 0 Å². The molecule has 112 valence electrons. The van der Waals surface area contributed by atoms with Gasteiger partial charge in [-0.1, -0.05) is 51.0 Å². The molecule has 0 bridgehead atoms. The summed E-state index contributed by atoms with van der Waals surface area (Å²) in [6.07, 6.45) is 5.59. The lowest BCUT2D eigenvalue weighted by Gasteiger charge is -2.24. The van der Waals surface area contributed by atoms with Crippen LogP contribution in [0.5, 0.6) is 0 Å². The quantitative estimate of drug-likeness (QED) is 0.814. The molecule has 0 radical (unpaired) electrons. The summed E-state index contributed by atoms with van der Waals surface area (Å²) in [7, 11) is 2.28. The summed E-state index contributed by atoms with van der Waals surface area (Å²) in [5.74, 6) is 0.594. The van der Waals surface area contributed by atoms with E-state index in [1.165, 1.54) is 36.8 Å². The highest BCUT2D eigenvalue weighted by Gasteiger charge is 2.19. The SMILES string of the molecule is CCNCC(C)c1ccc(CN(C)C2CCCC2)cc1. The Kier molecular flexibility index (Phi) is 6.06. The van der Waals surface area contributed by atoms with Gasteiger partial charge in [-0.05, 0) is 43.5 Å². The molecule has 20 heavy (non-hydrogen) atoms. The molecule has 0 amide bonds. The molecule has 1 N–H and O–H groups in total. The van der Waals surface area contributed by atoms with Gasteiger partial charge in [-0.3, -0.25) is 4.90 Å². The topological polar surface area (TPSA) is 15.3 Å². The second kappa shape index (κ2) is 7.80. The van der Waals surface area contributed by atoms with Crippen molar-refractivity contribution in [1.82, 2.24) is 10.2 Å². The highest BCUT2D eigenvalue weighted by atomic mass is 15.1. The third-order valence-corrected chi connectivity index (χ3v) is 4.63. The Hall–Kier alpha value is -0.860. The second-order valence-corrected chi connectivity index (χ2v) is 6.30. The third kappa shape index (κ3) is 4.32. The van der Waals surface area contributed by atoms with Gasteiger partial charge in [0.25, 0.3) is 0 Å². The second-order valence-electron chi connectivity index (χ2n) is 6.30. The molecule has 0 saturated heterocycles. The predicted molar refractivity (Wildman–Crippen MR) is 87.1 cm³/mol. The van der Waals surface area contributed by atoms with E-state index in [0.29, 0.717) is 5.92 Å². The van der Waals surface area contributed by atoms with Crippen LogP contribution >= 0.6 is 0 Å². The van der Waals surface area contributed by atoms with Crippen molar-refractivity contribution >= 4 is 0 Å². The van der Waals surface area contributed by atoms with Crippen molar-refractivity contribution in [2.24, 2.45) is 0 Å². The van der Waals surface area contributed by atoms with E-state index >= 15 is 0 Å². The van der Waals surface area contributed by atoms with Crippen molar-refractivity contribution in [1.29, 1.82) is 0 Å². The first kappa shape index (κ1) is 15.5. The van der Waals surface area contributed by atoms with Crippen molar-refractivity contribution in [2.45, 2.75) is 58.0 Å². The van der Waals surface area contributed by atoms with Crippen molar-refractivity contribution in [2.75, 3.05) is 20.1 Å². The summed E-state index contributed by atoms with van der Waals surface area (Å²) < 4.78 is 0. The van der Waals surface area contributed by atoms with E-state index < -0.39 is 0 Å². The highest BCUT2D eigenvalue weighted by Crippen LogP contribution is 2.24. The Morgan fingerprint density at radius 1 is 1.20 bits per heavy atom. The van der Waals surface area contributed by atoms with E-state index in [1.807, 2.05) is 0 Å². The first-order valence-electron chi connectivity index (χ1n) is 8.20. The maximum absolute atomic E-state index is 3.42. The minimum atomic E-state index is 0.594. The molecule has 1 atom stereocenters. The number of likely N-dealkylation sites (N-methyl/N-ethyl adjacent to an activating group) is 1. The van der Waals surface area contributed by atoms with Gasteiger partial charge >= 0.3 is 0 Å². The van der Waals surface area contributed by atoms with Gasteiger partial charge in [0.15, 0.2) is 0 Å². The monoisotopic (exact) mass is 274 g/mol. The maximum Gasteiger partial charge on any atom is 0.0233 e. The lowest BCUT2D eigenvalue weighted by molar-refractivity contribution is 0.237. The molecule has 0 aromatic heterocycles. The number of nitrogens with one attached hydrogen (secondary N) is 1. The zero-order chi connectivity index (χ0) is 14.4. The number of benzene rings is 1. The molecule has 2 nitrogen and oxygen atoms in total. The fourth-order valence-corrected chi connectivity index (χ4v) is 3.19. The Balaban J connectivity index is 1.87. The highest BCUT2D eigenvalue weighted by molar-refractivity contribution is 5.25. The molecular weight excluding hydrogens is 244 g/mol. The molecule has 1 aliphatic rings. The van der Waals surface area contributed by atoms with Gasteiger partial charge in [-0.15, -0.1) is 0 Å². The summed E-state index contributed by atoms with van der Waals surface area (Å²) in [5, 5.41) is 3.42. The number of hydrogen-bond donors (Lipinski definition) is 1. The average Bonchev–Trinajstić information content (AvgIpc) is 3.00. The Labute approximate surface area is 124 Å². The molecule has 1 aliphatic carbocycles. The van der Waals surface area contributed by atoms with Gasteiger partial charge in [0.05, 0.1) is 0 Å². The zero-order valence-corrected chi connectivity index (χ0v) is 13.4. The maximum atomic E-state index is 3.42. The minimum Gasteiger partial charge on any atom is -0.316 e. The Morgan fingerprint density at radius 2 is 1.85 bits per heavy atom. The predicted octanol–water partition coefficient (Wildman–Crippen LogP) is 3.77. The largest absolute Gasteiger partial charge is 0.316 e. The first-order valence-corrected chi connectivity index (χ1v) is 8.20. The lowest BCUT2D eigenvalue weighted by Crippen LogP contribution is -2.28. The summed E-state index contributed by atoms with van der Waals surface area (Å²) in [6.45, 7) is 7.66. The van der Waals surface area contributed by atoms with Crippen LogP contribution in [0.25, 0.3) is 0 Å². The standard InChI is InChI=1S/C18H30N2/c1-4-19-13-15(2)17-11-9-16(10-12-17)14-20(3)18-7-5-6-8-18/h9-12,15,18-19H,4-8,13-14H2,1-3H3. The normalized spacial score (nSPS) is 17.8. The van der Waals surface area contributed by atoms with Gasteiger partial charge in [0.2, 0.25) is 0 Å². The average molecular weight is 274 g/mol. The molecule has 1 fully saturated rings. The van der Waals surface area contributed by atoms with Crippen molar-refractivity contribution in [3.05, 3.63) is 35.4 Å². The van der Waals surface area contributed by atoms with Crippen LogP contribution in [0.15, 0.2) is 24.3 Å². The molecular formula is C18H30N2. The van der Waals surface area contributed by atoms with E-state index in [-0.39, 0.29) is 0 Å². The van der Waals surface area contributed by atoms with Gasteiger partial charge < -0.3 is 5.32 Å². The Morgan fingerprint density at radius 3 is 2.45 bits per heavy atom. The molecule has 1 aromatic carbocycles.